The van der Waals surface area contributed by atoms with Crippen LogP contribution in [-0.4, -0.2) is 46.8 Å². The van der Waals surface area contributed by atoms with Crippen molar-refractivity contribution < 1.29 is 17.6 Å². The van der Waals surface area contributed by atoms with Crippen LogP contribution in [0.1, 0.15) is 29.4 Å². The fourth-order valence-corrected chi connectivity index (χ4v) is 5.46. The average molecular weight is 456 g/mol. The Labute approximate surface area is 185 Å². The predicted molar refractivity (Wildman–Crippen MR) is 119 cm³/mol. The molecule has 0 spiro atoms. The standard InChI is InChI=1S/C22H22FN5O3S/c1-2-18-20(14-4-6-19(24)25-10-14)21(27-12-26-18)13-3-5-16(17(23)9-13)22(29)28-15-7-8-32(30,31)11-15/h3-6,9-10,12,15H,2,7-8,11H2,1H3,(H2,24,25)(H,28,29). The Hall–Kier alpha value is -3.40. The number of carbonyl (C=O) groups is 1. The number of hydrogen-bond donors (Lipinski definition) is 2. The van der Waals surface area contributed by atoms with Gasteiger partial charge in [0.05, 0.1) is 28.5 Å². The molecule has 0 radical (unpaired) electrons. The number of aryl methyl sites for hydroxylation is 1. The normalized spacial score (nSPS) is 17.2. The summed E-state index contributed by atoms with van der Waals surface area (Å²) in [5.74, 6) is -1.09. The molecule has 3 N–H and O–H groups in total. The van der Waals surface area contributed by atoms with Gasteiger partial charge >= 0.3 is 0 Å². The molecule has 1 amide bonds. The number of carbonyl (C=O) groups excluding carboxylic acids is 1. The highest BCUT2D eigenvalue weighted by atomic mass is 32.2. The molecule has 166 valence electrons. The lowest BCUT2D eigenvalue weighted by Gasteiger charge is -2.14. The van der Waals surface area contributed by atoms with Gasteiger partial charge in [0.2, 0.25) is 0 Å². The molecule has 0 aliphatic carbocycles. The van der Waals surface area contributed by atoms with E-state index in [9.17, 15) is 17.6 Å². The van der Waals surface area contributed by atoms with Crippen molar-refractivity contribution in [3.8, 4) is 22.4 Å². The highest BCUT2D eigenvalue weighted by Crippen LogP contribution is 2.33. The van der Waals surface area contributed by atoms with Gasteiger partial charge in [0.15, 0.2) is 9.84 Å². The lowest BCUT2D eigenvalue weighted by molar-refractivity contribution is 0.0937. The molecule has 4 rings (SSSR count). The Morgan fingerprint density at radius 3 is 2.59 bits per heavy atom. The van der Waals surface area contributed by atoms with Gasteiger partial charge in [-0.15, -0.1) is 0 Å². The number of nitrogens with two attached hydrogens (primary N) is 1. The Bertz CT molecular complexity index is 1280. The first-order chi connectivity index (χ1) is 15.3. The summed E-state index contributed by atoms with van der Waals surface area (Å²) >= 11 is 0. The zero-order valence-corrected chi connectivity index (χ0v) is 18.2. The van der Waals surface area contributed by atoms with Crippen molar-refractivity contribution in [3.63, 3.8) is 0 Å². The molecule has 32 heavy (non-hydrogen) atoms. The number of benzene rings is 1. The van der Waals surface area contributed by atoms with Gasteiger partial charge in [0, 0.05) is 28.9 Å². The molecule has 1 atom stereocenters. The largest absolute Gasteiger partial charge is 0.384 e. The topological polar surface area (TPSA) is 128 Å². The number of nitrogen functional groups attached to an aromatic ring is 1. The van der Waals surface area contributed by atoms with Crippen LogP contribution in [-0.2, 0) is 16.3 Å². The number of amides is 1. The van der Waals surface area contributed by atoms with E-state index in [1.165, 1.54) is 18.5 Å². The average Bonchev–Trinajstić information content (AvgIpc) is 3.11. The Balaban J connectivity index is 1.67. The number of pyridine rings is 1. The molecule has 0 bridgehead atoms. The van der Waals surface area contributed by atoms with Crippen molar-refractivity contribution in [1.82, 2.24) is 20.3 Å². The van der Waals surface area contributed by atoms with Crippen molar-refractivity contribution in [2.45, 2.75) is 25.8 Å². The first-order valence-electron chi connectivity index (χ1n) is 10.1. The number of nitrogens with one attached hydrogen (secondary N) is 1. The van der Waals surface area contributed by atoms with E-state index in [-0.39, 0.29) is 17.1 Å². The number of rotatable bonds is 5. The van der Waals surface area contributed by atoms with Crippen molar-refractivity contribution in [2.75, 3.05) is 17.2 Å². The first kappa shape index (κ1) is 21.8. The predicted octanol–water partition coefficient (Wildman–Crippen LogP) is 2.41. The van der Waals surface area contributed by atoms with Crippen molar-refractivity contribution in [1.29, 1.82) is 0 Å². The zero-order chi connectivity index (χ0) is 22.9. The zero-order valence-electron chi connectivity index (χ0n) is 17.4. The fourth-order valence-electron chi connectivity index (χ4n) is 3.78. The highest BCUT2D eigenvalue weighted by Gasteiger charge is 2.29. The molecule has 3 aromatic rings. The van der Waals surface area contributed by atoms with Crippen LogP contribution < -0.4 is 11.1 Å². The van der Waals surface area contributed by atoms with E-state index in [2.05, 4.69) is 20.3 Å². The van der Waals surface area contributed by atoms with Gasteiger partial charge in [-0.1, -0.05) is 13.0 Å². The van der Waals surface area contributed by atoms with E-state index in [1.807, 2.05) is 6.92 Å². The maximum atomic E-state index is 14.9. The van der Waals surface area contributed by atoms with Gasteiger partial charge in [0.25, 0.3) is 5.91 Å². The number of hydrogen-bond acceptors (Lipinski definition) is 7. The third-order valence-electron chi connectivity index (χ3n) is 5.39. The highest BCUT2D eigenvalue weighted by molar-refractivity contribution is 7.91. The minimum absolute atomic E-state index is 0.0234. The third-order valence-corrected chi connectivity index (χ3v) is 7.16. The van der Waals surface area contributed by atoms with Crippen LogP contribution in [0.25, 0.3) is 22.4 Å². The SMILES string of the molecule is CCc1ncnc(-c2ccc(C(=O)NC3CCS(=O)(=O)C3)c(F)c2)c1-c1ccc(N)nc1. The first-order valence-corrected chi connectivity index (χ1v) is 12.0. The minimum atomic E-state index is -3.15. The number of halogens is 1. The van der Waals surface area contributed by atoms with Crippen LogP contribution in [0.3, 0.4) is 0 Å². The molecule has 1 aromatic carbocycles. The molecular formula is C22H22FN5O3S. The van der Waals surface area contributed by atoms with E-state index in [4.69, 9.17) is 5.73 Å². The second-order valence-electron chi connectivity index (χ2n) is 7.64. The summed E-state index contributed by atoms with van der Waals surface area (Å²) in [5, 5.41) is 2.61. The summed E-state index contributed by atoms with van der Waals surface area (Å²) < 4.78 is 38.1. The molecule has 0 saturated carbocycles. The molecule has 1 unspecified atom stereocenters. The van der Waals surface area contributed by atoms with Crippen molar-refractivity contribution in [3.05, 3.63) is 59.9 Å². The molecule has 1 aliphatic heterocycles. The van der Waals surface area contributed by atoms with E-state index in [1.54, 1.807) is 24.4 Å². The van der Waals surface area contributed by atoms with E-state index < -0.39 is 27.6 Å². The summed E-state index contributed by atoms with van der Waals surface area (Å²) in [6.45, 7) is 1.96. The number of sulfone groups is 1. The Kier molecular flexibility index (Phi) is 5.88. The number of anilines is 1. The molecule has 3 heterocycles. The third kappa shape index (κ3) is 4.45. The summed E-state index contributed by atoms with van der Waals surface area (Å²) in [5.41, 5.74) is 8.77. The summed E-state index contributed by atoms with van der Waals surface area (Å²) in [7, 11) is -3.15. The van der Waals surface area contributed by atoms with Gasteiger partial charge in [0.1, 0.15) is 18.0 Å². The van der Waals surface area contributed by atoms with Gasteiger partial charge in [-0.3, -0.25) is 4.79 Å². The van der Waals surface area contributed by atoms with Crippen LogP contribution in [0, 0.1) is 5.82 Å². The molecular weight excluding hydrogens is 433 g/mol. The molecule has 1 saturated heterocycles. The minimum Gasteiger partial charge on any atom is -0.384 e. The van der Waals surface area contributed by atoms with E-state index in [0.717, 1.165) is 16.8 Å². The van der Waals surface area contributed by atoms with E-state index in [0.29, 0.717) is 29.9 Å². The molecule has 1 aliphatic rings. The van der Waals surface area contributed by atoms with Crippen LogP contribution in [0.5, 0.6) is 0 Å². The van der Waals surface area contributed by atoms with Crippen LogP contribution in [0.2, 0.25) is 0 Å². The van der Waals surface area contributed by atoms with Crippen molar-refractivity contribution in [2.24, 2.45) is 0 Å². The molecule has 1 fully saturated rings. The Morgan fingerprint density at radius 2 is 1.97 bits per heavy atom. The van der Waals surface area contributed by atoms with Crippen LogP contribution in [0.15, 0.2) is 42.9 Å². The van der Waals surface area contributed by atoms with Crippen molar-refractivity contribution >= 4 is 21.6 Å². The monoisotopic (exact) mass is 455 g/mol. The second-order valence-corrected chi connectivity index (χ2v) is 9.87. The smallest absolute Gasteiger partial charge is 0.254 e. The molecule has 10 heteroatoms. The van der Waals surface area contributed by atoms with Gasteiger partial charge in [-0.2, -0.15) is 0 Å². The second kappa shape index (κ2) is 8.62. The van der Waals surface area contributed by atoms with Crippen LogP contribution in [0.4, 0.5) is 10.2 Å². The van der Waals surface area contributed by atoms with Gasteiger partial charge in [-0.05, 0) is 37.1 Å². The quantitative estimate of drug-likeness (QED) is 0.605. The van der Waals surface area contributed by atoms with Gasteiger partial charge in [-0.25, -0.2) is 27.8 Å². The summed E-state index contributed by atoms with van der Waals surface area (Å²) in [6.07, 6.45) is 3.99. The maximum Gasteiger partial charge on any atom is 0.254 e. The lowest BCUT2D eigenvalue weighted by Crippen LogP contribution is -2.36. The summed E-state index contributed by atoms with van der Waals surface area (Å²) in [6, 6.07) is 7.20. The fraction of sp³-hybridized carbons (Fsp3) is 0.273. The molecule has 8 nitrogen and oxygen atoms in total. The number of nitrogens with zero attached hydrogens (tertiary/aromatic N) is 3. The lowest BCUT2D eigenvalue weighted by atomic mass is 9.97. The van der Waals surface area contributed by atoms with Gasteiger partial charge < -0.3 is 11.1 Å². The summed E-state index contributed by atoms with van der Waals surface area (Å²) in [4.78, 5) is 25.4. The number of aromatic nitrogens is 3. The maximum absolute atomic E-state index is 14.9. The van der Waals surface area contributed by atoms with Crippen LogP contribution >= 0.6 is 0 Å². The Morgan fingerprint density at radius 1 is 1.19 bits per heavy atom. The van der Waals surface area contributed by atoms with E-state index >= 15 is 0 Å². The molecule has 2 aromatic heterocycles.